The second-order valence-corrected chi connectivity index (χ2v) is 6.39. The van der Waals surface area contributed by atoms with Gasteiger partial charge in [0.2, 0.25) is 0 Å². The first-order chi connectivity index (χ1) is 14.3. The summed E-state index contributed by atoms with van der Waals surface area (Å²) >= 11 is 0. The van der Waals surface area contributed by atoms with Gasteiger partial charge in [0.25, 0.3) is 17.7 Å². The molecule has 2 rings (SSSR count). The van der Waals surface area contributed by atoms with Crippen molar-refractivity contribution < 1.29 is 28.3 Å². The molecule has 0 saturated heterocycles. The molecule has 2 N–H and O–H groups in total. The van der Waals surface area contributed by atoms with Crippen LogP contribution >= 0.6 is 0 Å². The lowest BCUT2D eigenvalue weighted by atomic mass is 10.1. The predicted molar refractivity (Wildman–Crippen MR) is 109 cm³/mol. The Bertz CT molecular complexity index is 890. The highest BCUT2D eigenvalue weighted by molar-refractivity contribution is 5.98. The van der Waals surface area contributed by atoms with E-state index in [1.807, 2.05) is 13.8 Å². The summed E-state index contributed by atoms with van der Waals surface area (Å²) < 4.78 is 9.88. The van der Waals surface area contributed by atoms with Gasteiger partial charge in [-0.15, -0.1) is 0 Å². The lowest BCUT2D eigenvalue weighted by molar-refractivity contribution is -0.148. The van der Waals surface area contributed by atoms with Gasteiger partial charge in [0.05, 0.1) is 6.26 Å². The molecule has 1 aromatic heterocycles. The molecule has 9 heteroatoms. The van der Waals surface area contributed by atoms with E-state index < -0.39 is 30.4 Å². The van der Waals surface area contributed by atoms with Gasteiger partial charge in [0, 0.05) is 24.3 Å². The molecule has 3 amide bonds. The number of furan rings is 1. The minimum Gasteiger partial charge on any atom is -0.459 e. The van der Waals surface area contributed by atoms with E-state index in [-0.39, 0.29) is 11.7 Å². The Morgan fingerprint density at radius 3 is 2.47 bits per heavy atom. The highest BCUT2D eigenvalue weighted by Crippen LogP contribution is 2.13. The molecule has 1 heterocycles. The largest absolute Gasteiger partial charge is 0.459 e. The molecule has 30 heavy (non-hydrogen) atoms. The Balaban J connectivity index is 1.85. The molecule has 0 fully saturated rings. The summed E-state index contributed by atoms with van der Waals surface area (Å²) in [6.45, 7) is 5.84. The number of hydrogen-bond donors (Lipinski definition) is 2. The monoisotopic (exact) mass is 415 g/mol. The number of nitrogens with one attached hydrogen (secondary N) is 2. The molecule has 160 valence electrons. The van der Waals surface area contributed by atoms with Crippen molar-refractivity contribution in [2.24, 2.45) is 0 Å². The maximum atomic E-state index is 12.4. The van der Waals surface area contributed by atoms with E-state index in [0.717, 1.165) is 0 Å². The number of esters is 1. The number of hydrogen-bond acceptors (Lipinski definition) is 6. The van der Waals surface area contributed by atoms with E-state index in [9.17, 15) is 19.2 Å². The summed E-state index contributed by atoms with van der Waals surface area (Å²) in [4.78, 5) is 50.0. The minimum atomic E-state index is -0.967. The smallest absolute Gasteiger partial charge is 0.328 e. The summed E-state index contributed by atoms with van der Waals surface area (Å²) in [6, 6.07) is 8.56. The van der Waals surface area contributed by atoms with Crippen LogP contribution in [0.3, 0.4) is 0 Å². The SMILES string of the molecule is CCN(CC)C(=O)c1cccc(NC(=O)COC(=O)[C@H](C)NC(=O)c2ccco2)c1. The molecular weight excluding hydrogens is 390 g/mol. The van der Waals surface area contributed by atoms with Gasteiger partial charge in [0.15, 0.2) is 12.4 Å². The number of rotatable bonds is 9. The van der Waals surface area contributed by atoms with Crippen LogP contribution in [0.1, 0.15) is 41.7 Å². The lowest BCUT2D eigenvalue weighted by Gasteiger charge is -2.19. The Hall–Kier alpha value is -3.62. The molecule has 1 aromatic carbocycles. The Morgan fingerprint density at radius 2 is 1.83 bits per heavy atom. The van der Waals surface area contributed by atoms with Gasteiger partial charge in [-0.1, -0.05) is 6.07 Å². The number of amides is 3. The van der Waals surface area contributed by atoms with Crippen molar-refractivity contribution in [3.8, 4) is 0 Å². The second-order valence-electron chi connectivity index (χ2n) is 6.39. The van der Waals surface area contributed by atoms with E-state index in [1.54, 1.807) is 35.2 Å². The van der Waals surface area contributed by atoms with Crippen molar-refractivity contribution in [3.63, 3.8) is 0 Å². The second kappa shape index (κ2) is 10.8. The zero-order valence-corrected chi connectivity index (χ0v) is 17.1. The van der Waals surface area contributed by atoms with E-state index in [0.29, 0.717) is 24.3 Å². The third kappa shape index (κ3) is 6.20. The van der Waals surface area contributed by atoms with E-state index in [1.165, 1.54) is 19.3 Å². The molecule has 1 atom stereocenters. The summed E-state index contributed by atoms with van der Waals surface area (Å²) in [5.74, 6) is -1.98. The fraction of sp³-hybridized carbons (Fsp3) is 0.333. The zero-order chi connectivity index (χ0) is 22.1. The number of ether oxygens (including phenoxy) is 1. The predicted octanol–water partition coefficient (Wildman–Crippen LogP) is 2.06. The lowest BCUT2D eigenvalue weighted by Crippen LogP contribution is -2.40. The summed E-state index contributed by atoms with van der Waals surface area (Å²) in [5.41, 5.74) is 0.857. The first kappa shape index (κ1) is 22.7. The molecule has 0 bridgehead atoms. The van der Waals surface area contributed by atoms with Crippen molar-refractivity contribution in [1.82, 2.24) is 10.2 Å². The number of carbonyl (C=O) groups excluding carboxylic acids is 4. The number of carbonyl (C=O) groups is 4. The maximum Gasteiger partial charge on any atom is 0.328 e. The van der Waals surface area contributed by atoms with Crippen molar-refractivity contribution in [2.45, 2.75) is 26.8 Å². The summed E-state index contributed by atoms with van der Waals surface area (Å²) in [6.07, 6.45) is 1.34. The van der Waals surface area contributed by atoms with Crippen molar-refractivity contribution >= 4 is 29.4 Å². The summed E-state index contributed by atoms with van der Waals surface area (Å²) in [7, 11) is 0. The average molecular weight is 415 g/mol. The zero-order valence-electron chi connectivity index (χ0n) is 17.1. The van der Waals surface area contributed by atoms with Gasteiger partial charge in [-0.05, 0) is 51.1 Å². The maximum absolute atomic E-state index is 12.4. The fourth-order valence-corrected chi connectivity index (χ4v) is 2.62. The van der Waals surface area contributed by atoms with Crippen LogP contribution in [-0.2, 0) is 14.3 Å². The Labute approximate surface area is 174 Å². The van der Waals surface area contributed by atoms with Crippen LogP contribution in [0.25, 0.3) is 0 Å². The molecule has 0 saturated carbocycles. The van der Waals surface area contributed by atoms with Gasteiger partial charge in [-0.25, -0.2) is 4.79 Å². The number of benzene rings is 1. The van der Waals surface area contributed by atoms with E-state index >= 15 is 0 Å². The summed E-state index contributed by atoms with van der Waals surface area (Å²) in [5, 5.41) is 5.00. The number of nitrogens with zero attached hydrogens (tertiary/aromatic N) is 1. The number of anilines is 1. The molecule has 0 spiro atoms. The van der Waals surface area contributed by atoms with E-state index in [4.69, 9.17) is 9.15 Å². The van der Waals surface area contributed by atoms with Gasteiger partial charge >= 0.3 is 5.97 Å². The first-order valence-corrected chi connectivity index (χ1v) is 9.55. The molecule has 0 aliphatic carbocycles. The van der Waals surface area contributed by atoms with E-state index in [2.05, 4.69) is 10.6 Å². The van der Waals surface area contributed by atoms with Crippen LogP contribution < -0.4 is 10.6 Å². The molecule has 0 radical (unpaired) electrons. The van der Waals surface area contributed by atoms with Crippen LogP contribution in [0.2, 0.25) is 0 Å². The highest BCUT2D eigenvalue weighted by Gasteiger charge is 2.20. The molecule has 0 aliphatic heterocycles. The normalized spacial score (nSPS) is 11.3. The standard InChI is InChI=1S/C21H25N3O6/c1-4-24(5-2)20(27)15-8-6-9-16(12-15)23-18(25)13-30-21(28)14(3)22-19(26)17-10-7-11-29-17/h6-12,14H,4-5,13H2,1-3H3,(H,22,26)(H,23,25)/t14-/m0/s1. The molecule has 9 nitrogen and oxygen atoms in total. The van der Waals surface area contributed by atoms with Crippen molar-refractivity contribution in [2.75, 3.05) is 25.0 Å². The fourth-order valence-electron chi connectivity index (χ4n) is 2.62. The van der Waals surface area contributed by atoms with Gasteiger partial charge in [-0.2, -0.15) is 0 Å². The highest BCUT2D eigenvalue weighted by atomic mass is 16.5. The molecule has 0 unspecified atom stereocenters. The first-order valence-electron chi connectivity index (χ1n) is 9.55. The molecular formula is C21H25N3O6. The Kier molecular flexibility index (Phi) is 8.16. The van der Waals surface area contributed by atoms with Crippen LogP contribution in [0.15, 0.2) is 47.1 Å². The van der Waals surface area contributed by atoms with Crippen LogP contribution in [0, 0.1) is 0 Å². The van der Waals surface area contributed by atoms with Gasteiger partial charge in [-0.3, -0.25) is 14.4 Å². The molecule has 0 aliphatic rings. The van der Waals surface area contributed by atoms with Crippen molar-refractivity contribution in [3.05, 3.63) is 54.0 Å². The quantitative estimate of drug-likeness (QED) is 0.606. The Morgan fingerprint density at radius 1 is 1.10 bits per heavy atom. The average Bonchev–Trinajstić information content (AvgIpc) is 3.28. The third-order valence-electron chi connectivity index (χ3n) is 4.24. The van der Waals surface area contributed by atoms with Crippen LogP contribution in [0.4, 0.5) is 5.69 Å². The van der Waals surface area contributed by atoms with Crippen molar-refractivity contribution in [1.29, 1.82) is 0 Å². The van der Waals surface area contributed by atoms with Gasteiger partial charge < -0.3 is 24.7 Å². The van der Waals surface area contributed by atoms with Gasteiger partial charge in [0.1, 0.15) is 6.04 Å². The van der Waals surface area contributed by atoms with Crippen LogP contribution in [-0.4, -0.2) is 54.3 Å². The van der Waals surface area contributed by atoms with Crippen LogP contribution in [0.5, 0.6) is 0 Å². The molecule has 2 aromatic rings. The third-order valence-corrected chi connectivity index (χ3v) is 4.24. The topological polar surface area (TPSA) is 118 Å². The minimum absolute atomic E-state index is 0.0616.